The SMILES string of the molecule is CCOc1ccccc1NC(=O)c1c(NC(=O)C(C)(C)C)sc2c1CCCCC2. The number of rotatable bonds is 5. The molecule has 1 heterocycles. The summed E-state index contributed by atoms with van der Waals surface area (Å²) in [7, 11) is 0. The minimum Gasteiger partial charge on any atom is -0.492 e. The fourth-order valence-corrected chi connectivity index (χ4v) is 4.68. The van der Waals surface area contributed by atoms with Gasteiger partial charge >= 0.3 is 0 Å². The molecule has 2 amide bonds. The maximum Gasteiger partial charge on any atom is 0.259 e. The van der Waals surface area contributed by atoms with Crippen molar-refractivity contribution < 1.29 is 14.3 Å². The van der Waals surface area contributed by atoms with Gasteiger partial charge in [0.25, 0.3) is 5.91 Å². The molecule has 0 bridgehead atoms. The lowest BCUT2D eigenvalue weighted by molar-refractivity contribution is -0.123. The Balaban J connectivity index is 1.97. The number of nitrogens with one attached hydrogen (secondary N) is 2. The topological polar surface area (TPSA) is 67.4 Å². The number of para-hydroxylation sites is 2. The van der Waals surface area contributed by atoms with Crippen LogP contribution < -0.4 is 15.4 Å². The van der Waals surface area contributed by atoms with E-state index in [4.69, 9.17) is 4.74 Å². The van der Waals surface area contributed by atoms with Gasteiger partial charge in [-0.3, -0.25) is 9.59 Å². The highest BCUT2D eigenvalue weighted by molar-refractivity contribution is 7.17. The Morgan fingerprint density at radius 2 is 1.79 bits per heavy atom. The van der Waals surface area contributed by atoms with Gasteiger partial charge in [0, 0.05) is 10.3 Å². The molecule has 1 aromatic carbocycles. The molecule has 2 N–H and O–H groups in total. The van der Waals surface area contributed by atoms with E-state index >= 15 is 0 Å². The van der Waals surface area contributed by atoms with Crippen molar-refractivity contribution in [2.75, 3.05) is 17.2 Å². The molecule has 1 aliphatic carbocycles. The zero-order valence-electron chi connectivity index (χ0n) is 17.7. The third-order valence-electron chi connectivity index (χ3n) is 4.99. The van der Waals surface area contributed by atoms with Crippen molar-refractivity contribution in [1.29, 1.82) is 0 Å². The maximum absolute atomic E-state index is 13.4. The Morgan fingerprint density at radius 1 is 1.07 bits per heavy atom. The molecule has 0 unspecified atom stereocenters. The molecule has 5 nitrogen and oxygen atoms in total. The first kappa shape index (κ1) is 21.4. The molecule has 156 valence electrons. The summed E-state index contributed by atoms with van der Waals surface area (Å²) in [6.07, 6.45) is 5.17. The van der Waals surface area contributed by atoms with Crippen molar-refractivity contribution in [3.05, 3.63) is 40.3 Å². The second-order valence-electron chi connectivity index (χ2n) is 8.36. The van der Waals surface area contributed by atoms with Gasteiger partial charge in [-0.15, -0.1) is 11.3 Å². The zero-order chi connectivity index (χ0) is 21.0. The molecule has 0 fully saturated rings. The number of ether oxygens (including phenoxy) is 1. The van der Waals surface area contributed by atoms with E-state index in [2.05, 4.69) is 10.6 Å². The predicted octanol–water partition coefficient (Wildman–Crippen LogP) is 5.65. The van der Waals surface area contributed by atoms with Gasteiger partial charge in [0.2, 0.25) is 5.91 Å². The highest BCUT2D eigenvalue weighted by Crippen LogP contribution is 2.39. The molecule has 6 heteroatoms. The lowest BCUT2D eigenvalue weighted by Gasteiger charge is -2.18. The lowest BCUT2D eigenvalue weighted by Crippen LogP contribution is -2.28. The summed E-state index contributed by atoms with van der Waals surface area (Å²) in [6, 6.07) is 7.43. The van der Waals surface area contributed by atoms with Crippen LogP contribution in [0.15, 0.2) is 24.3 Å². The molecule has 2 aromatic rings. The average Bonchev–Trinajstić information content (AvgIpc) is 2.83. The van der Waals surface area contributed by atoms with Crippen LogP contribution in [-0.4, -0.2) is 18.4 Å². The van der Waals surface area contributed by atoms with Crippen LogP contribution >= 0.6 is 11.3 Å². The summed E-state index contributed by atoms with van der Waals surface area (Å²) in [5.74, 6) is 0.364. The van der Waals surface area contributed by atoms with Gasteiger partial charge in [-0.05, 0) is 50.3 Å². The highest BCUT2D eigenvalue weighted by Gasteiger charge is 2.29. The molecular weight excluding hydrogens is 384 g/mol. The second-order valence-corrected chi connectivity index (χ2v) is 9.46. The average molecular weight is 415 g/mol. The van der Waals surface area contributed by atoms with Crippen LogP contribution in [0.3, 0.4) is 0 Å². The molecule has 3 rings (SSSR count). The van der Waals surface area contributed by atoms with E-state index in [1.807, 2.05) is 52.0 Å². The van der Waals surface area contributed by atoms with Gasteiger partial charge in [-0.2, -0.15) is 0 Å². The van der Waals surface area contributed by atoms with Crippen molar-refractivity contribution in [2.45, 2.75) is 59.8 Å². The Hall–Kier alpha value is -2.34. The number of hydrogen-bond acceptors (Lipinski definition) is 4. The first-order valence-electron chi connectivity index (χ1n) is 10.3. The fourth-order valence-electron chi connectivity index (χ4n) is 3.40. The van der Waals surface area contributed by atoms with E-state index in [0.29, 0.717) is 28.6 Å². The molecule has 0 radical (unpaired) electrons. The molecule has 0 aliphatic heterocycles. The van der Waals surface area contributed by atoms with Crippen LogP contribution in [0.25, 0.3) is 0 Å². The number of fused-ring (bicyclic) bond motifs is 1. The zero-order valence-corrected chi connectivity index (χ0v) is 18.5. The summed E-state index contributed by atoms with van der Waals surface area (Å²) >= 11 is 1.55. The van der Waals surface area contributed by atoms with E-state index in [1.165, 1.54) is 11.3 Å². The van der Waals surface area contributed by atoms with Crippen LogP contribution in [0.5, 0.6) is 5.75 Å². The van der Waals surface area contributed by atoms with Crippen LogP contribution in [0.4, 0.5) is 10.7 Å². The maximum atomic E-state index is 13.4. The second kappa shape index (κ2) is 8.99. The first-order chi connectivity index (χ1) is 13.8. The highest BCUT2D eigenvalue weighted by atomic mass is 32.1. The predicted molar refractivity (Wildman–Crippen MR) is 119 cm³/mol. The minimum absolute atomic E-state index is 0.0855. The Labute approximate surface area is 176 Å². The lowest BCUT2D eigenvalue weighted by atomic mass is 9.95. The van der Waals surface area contributed by atoms with Crippen LogP contribution in [0.1, 0.15) is 67.8 Å². The number of carbonyl (C=O) groups is 2. The van der Waals surface area contributed by atoms with E-state index < -0.39 is 5.41 Å². The van der Waals surface area contributed by atoms with E-state index in [0.717, 1.165) is 31.2 Å². The number of amides is 2. The number of hydrogen-bond donors (Lipinski definition) is 2. The molecule has 0 saturated carbocycles. The normalized spacial score (nSPS) is 13.9. The van der Waals surface area contributed by atoms with Crippen molar-refractivity contribution in [1.82, 2.24) is 0 Å². The molecule has 29 heavy (non-hydrogen) atoms. The number of benzene rings is 1. The fraction of sp³-hybridized carbons (Fsp3) is 0.478. The Kier molecular flexibility index (Phi) is 6.63. The molecular formula is C23H30N2O3S. The van der Waals surface area contributed by atoms with Crippen LogP contribution in [-0.2, 0) is 17.6 Å². The number of thiophene rings is 1. The van der Waals surface area contributed by atoms with Crippen molar-refractivity contribution in [3.8, 4) is 5.75 Å². The van der Waals surface area contributed by atoms with E-state index in [9.17, 15) is 9.59 Å². The Bertz CT molecular complexity index is 896. The van der Waals surface area contributed by atoms with Gasteiger partial charge in [-0.1, -0.05) is 39.3 Å². The first-order valence-corrected chi connectivity index (χ1v) is 11.1. The molecule has 0 saturated heterocycles. The third kappa shape index (κ3) is 4.99. The monoisotopic (exact) mass is 414 g/mol. The largest absolute Gasteiger partial charge is 0.492 e. The smallest absolute Gasteiger partial charge is 0.259 e. The number of carbonyl (C=O) groups excluding carboxylic acids is 2. The van der Waals surface area contributed by atoms with Gasteiger partial charge < -0.3 is 15.4 Å². The van der Waals surface area contributed by atoms with Gasteiger partial charge in [0.15, 0.2) is 0 Å². The summed E-state index contributed by atoms with van der Waals surface area (Å²) < 4.78 is 5.65. The minimum atomic E-state index is -0.531. The summed E-state index contributed by atoms with van der Waals surface area (Å²) in [6.45, 7) is 8.06. The molecule has 0 atom stereocenters. The summed E-state index contributed by atoms with van der Waals surface area (Å²) in [5, 5.41) is 6.69. The molecule has 0 spiro atoms. The quantitative estimate of drug-likeness (QED) is 0.621. The van der Waals surface area contributed by atoms with Crippen molar-refractivity contribution in [2.24, 2.45) is 5.41 Å². The van der Waals surface area contributed by atoms with Gasteiger partial charge in [-0.25, -0.2) is 0 Å². The van der Waals surface area contributed by atoms with Gasteiger partial charge in [0.1, 0.15) is 10.8 Å². The van der Waals surface area contributed by atoms with E-state index in [1.54, 1.807) is 11.3 Å². The van der Waals surface area contributed by atoms with Crippen LogP contribution in [0.2, 0.25) is 0 Å². The van der Waals surface area contributed by atoms with Crippen molar-refractivity contribution in [3.63, 3.8) is 0 Å². The number of aryl methyl sites for hydroxylation is 1. The van der Waals surface area contributed by atoms with Crippen LogP contribution in [0, 0.1) is 5.41 Å². The van der Waals surface area contributed by atoms with Crippen molar-refractivity contribution >= 4 is 33.8 Å². The summed E-state index contributed by atoms with van der Waals surface area (Å²) in [5.41, 5.74) is 1.80. The molecule has 1 aromatic heterocycles. The van der Waals surface area contributed by atoms with Gasteiger partial charge in [0.05, 0.1) is 17.9 Å². The number of anilines is 2. The standard InChI is InChI=1S/C23H30N2O3S/c1-5-28-17-13-10-9-12-16(17)24-20(26)19-15-11-7-6-8-14-18(15)29-21(19)25-22(27)23(2,3)4/h9-10,12-13H,5-8,11,14H2,1-4H3,(H,24,26)(H,25,27). The third-order valence-corrected chi connectivity index (χ3v) is 6.20. The molecule has 1 aliphatic rings. The Morgan fingerprint density at radius 3 is 2.52 bits per heavy atom. The summed E-state index contributed by atoms with van der Waals surface area (Å²) in [4.78, 5) is 27.2. The van der Waals surface area contributed by atoms with E-state index in [-0.39, 0.29) is 11.8 Å².